The van der Waals surface area contributed by atoms with E-state index in [0.717, 1.165) is 18.7 Å². The molecule has 0 aliphatic rings. The van der Waals surface area contributed by atoms with Gasteiger partial charge in [0.2, 0.25) is 0 Å². The second kappa shape index (κ2) is 6.28. The number of hydrogen-bond acceptors (Lipinski definition) is 2. The molecule has 0 aliphatic carbocycles. The van der Waals surface area contributed by atoms with Gasteiger partial charge in [-0.15, -0.1) is 0 Å². The molecular weight excluding hydrogens is 232 g/mol. The Morgan fingerprint density at radius 3 is 2.26 bits per heavy atom. The predicted molar refractivity (Wildman–Crippen MR) is 83.6 cm³/mol. The van der Waals surface area contributed by atoms with Gasteiger partial charge in [-0.3, -0.25) is 0 Å². The molecule has 19 heavy (non-hydrogen) atoms. The summed E-state index contributed by atoms with van der Waals surface area (Å²) in [4.78, 5) is 2.30. The van der Waals surface area contributed by atoms with Gasteiger partial charge < -0.3 is 10.6 Å². The Bertz CT molecular complexity index is 490. The van der Waals surface area contributed by atoms with Crippen LogP contribution in [-0.4, -0.2) is 13.6 Å². The van der Waals surface area contributed by atoms with Crippen molar-refractivity contribution < 1.29 is 0 Å². The molecular formula is C17H22N2. The highest BCUT2D eigenvalue weighted by molar-refractivity contribution is 5.45. The van der Waals surface area contributed by atoms with Crippen molar-refractivity contribution in [3.05, 3.63) is 60.2 Å². The lowest BCUT2D eigenvalue weighted by Gasteiger charge is -2.21. The number of para-hydroxylation sites is 1. The molecule has 0 radical (unpaired) electrons. The number of nitrogens with zero attached hydrogens (tertiary/aromatic N) is 1. The van der Waals surface area contributed by atoms with Crippen LogP contribution < -0.4 is 10.6 Å². The standard InChI is InChI=1S/C17H22N2/c1-14(15-8-10-16(18)11-9-15)12-13-19(2)17-6-4-3-5-7-17/h3-11,14H,12-13,18H2,1-2H3. The first-order valence-electron chi connectivity index (χ1n) is 6.78. The second-order valence-electron chi connectivity index (χ2n) is 5.11. The number of nitrogen functional groups attached to an aromatic ring is 1. The minimum atomic E-state index is 0.548. The van der Waals surface area contributed by atoms with Crippen LogP contribution in [0.1, 0.15) is 24.8 Å². The van der Waals surface area contributed by atoms with Crippen LogP contribution in [0.4, 0.5) is 11.4 Å². The van der Waals surface area contributed by atoms with Gasteiger partial charge in [0.25, 0.3) is 0 Å². The highest BCUT2D eigenvalue weighted by Crippen LogP contribution is 2.21. The van der Waals surface area contributed by atoms with Crippen molar-refractivity contribution >= 4 is 11.4 Å². The number of hydrogen-bond donors (Lipinski definition) is 1. The summed E-state index contributed by atoms with van der Waals surface area (Å²) >= 11 is 0. The average molecular weight is 254 g/mol. The maximum Gasteiger partial charge on any atom is 0.0363 e. The first-order valence-corrected chi connectivity index (χ1v) is 6.78. The molecule has 0 aliphatic heterocycles. The van der Waals surface area contributed by atoms with Crippen LogP contribution in [0.5, 0.6) is 0 Å². The van der Waals surface area contributed by atoms with E-state index in [2.05, 4.69) is 55.3 Å². The monoisotopic (exact) mass is 254 g/mol. The molecule has 0 saturated carbocycles. The summed E-state index contributed by atoms with van der Waals surface area (Å²) in [5.74, 6) is 0.548. The minimum absolute atomic E-state index is 0.548. The Hall–Kier alpha value is -1.96. The highest BCUT2D eigenvalue weighted by Gasteiger charge is 2.07. The van der Waals surface area contributed by atoms with Crippen molar-refractivity contribution in [1.82, 2.24) is 0 Å². The SMILES string of the molecule is CC(CCN(C)c1ccccc1)c1ccc(N)cc1. The van der Waals surface area contributed by atoms with Crippen LogP contribution in [0.15, 0.2) is 54.6 Å². The smallest absolute Gasteiger partial charge is 0.0363 e. The largest absolute Gasteiger partial charge is 0.399 e. The zero-order valence-corrected chi connectivity index (χ0v) is 11.7. The maximum absolute atomic E-state index is 5.72. The normalized spacial score (nSPS) is 12.1. The van der Waals surface area contributed by atoms with Gasteiger partial charge >= 0.3 is 0 Å². The summed E-state index contributed by atoms with van der Waals surface area (Å²) in [5, 5.41) is 0. The molecule has 2 nitrogen and oxygen atoms in total. The third-order valence-electron chi connectivity index (χ3n) is 3.60. The van der Waals surface area contributed by atoms with Gasteiger partial charge in [0.15, 0.2) is 0 Å². The summed E-state index contributed by atoms with van der Waals surface area (Å²) < 4.78 is 0. The number of rotatable bonds is 5. The van der Waals surface area contributed by atoms with E-state index in [4.69, 9.17) is 5.73 Å². The molecule has 0 spiro atoms. The number of nitrogens with two attached hydrogens (primary N) is 1. The van der Waals surface area contributed by atoms with Crippen molar-refractivity contribution in [2.45, 2.75) is 19.3 Å². The fourth-order valence-electron chi connectivity index (χ4n) is 2.19. The van der Waals surface area contributed by atoms with Crippen molar-refractivity contribution in [3.8, 4) is 0 Å². The summed E-state index contributed by atoms with van der Waals surface area (Å²) in [5.41, 5.74) is 9.18. The first-order chi connectivity index (χ1) is 9.16. The highest BCUT2D eigenvalue weighted by atomic mass is 15.1. The van der Waals surface area contributed by atoms with Crippen molar-refractivity contribution in [1.29, 1.82) is 0 Å². The van der Waals surface area contributed by atoms with E-state index in [9.17, 15) is 0 Å². The molecule has 0 fully saturated rings. The van der Waals surface area contributed by atoms with E-state index in [1.807, 2.05) is 18.2 Å². The Morgan fingerprint density at radius 1 is 1.00 bits per heavy atom. The molecule has 0 saturated heterocycles. The van der Waals surface area contributed by atoms with Gasteiger partial charge in [-0.2, -0.15) is 0 Å². The molecule has 0 bridgehead atoms. The van der Waals surface area contributed by atoms with E-state index in [1.165, 1.54) is 11.3 Å². The van der Waals surface area contributed by atoms with Gasteiger partial charge in [0.1, 0.15) is 0 Å². The van der Waals surface area contributed by atoms with Gasteiger partial charge in [-0.05, 0) is 42.2 Å². The fourth-order valence-corrected chi connectivity index (χ4v) is 2.19. The molecule has 2 rings (SSSR count). The Kier molecular flexibility index (Phi) is 4.45. The zero-order chi connectivity index (χ0) is 13.7. The Labute approximate surface area is 115 Å². The third-order valence-corrected chi connectivity index (χ3v) is 3.60. The molecule has 100 valence electrons. The second-order valence-corrected chi connectivity index (χ2v) is 5.11. The van der Waals surface area contributed by atoms with Gasteiger partial charge in [0.05, 0.1) is 0 Å². The molecule has 0 heterocycles. The van der Waals surface area contributed by atoms with E-state index in [-0.39, 0.29) is 0 Å². The number of anilines is 2. The van der Waals surface area contributed by atoms with Crippen LogP contribution in [0, 0.1) is 0 Å². The van der Waals surface area contributed by atoms with E-state index in [0.29, 0.717) is 5.92 Å². The van der Waals surface area contributed by atoms with E-state index < -0.39 is 0 Å². The molecule has 2 aromatic rings. The van der Waals surface area contributed by atoms with Gasteiger partial charge in [-0.1, -0.05) is 37.3 Å². The van der Waals surface area contributed by atoms with E-state index in [1.54, 1.807) is 0 Å². The first kappa shape index (κ1) is 13.5. The van der Waals surface area contributed by atoms with Crippen molar-refractivity contribution in [2.75, 3.05) is 24.2 Å². The van der Waals surface area contributed by atoms with Crippen LogP contribution >= 0.6 is 0 Å². The van der Waals surface area contributed by atoms with E-state index >= 15 is 0 Å². The Morgan fingerprint density at radius 2 is 1.63 bits per heavy atom. The quantitative estimate of drug-likeness (QED) is 0.820. The van der Waals surface area contributed by atoms with Gasteiger partial charge in [-0.25, -0.2) is 0 Å². The Balaban J connectivity index is 1.90. The van der Waals surface area contributed by atoms with Crippen LogP contribution in [-0.2, 0) is 0 Å². The zero-order valence-electron chi connectivity index (χ0n) is 11.7. The summed E-state index contributed by atoms with van der Waals surface area (Å²) in [7, 11) is 2.14. The minimum Gasteiger partial charge on any atom is -0.399 e. The van der Waals surface area contributed by atoms with Crippen LogP contribution in [0.3, 0.4) is 0 Å². The molecule has 0 amide bonds. The average Bonchev–Trinajstić information content (AvgIpc) is 2.46. The van der Waals surface area contributed by atoms with Crippen molar-refractivity contribution in [2.24, 2.45) is 0 Å². The van der Waals surface area contributed by atoms with Gasteiger partial charge in [0, 0.05) is 25.0 Å². The summed E-state index contributed by atoms with van der Waals surface area (Å²) in [6, 6.07) is 18.7. The summed E-state index contributed by atoms with van der Waals surface area (Å²) in [6.45, 7) is 3.32. The number of benzene rings is 2. The molecule has 0 aromatic heterocycles. The lowest BCUT2D eigenvalue weighted by Crippen LogP contribution is -2.19. The van der Waals surface area contributed by atoms with Crippen molar-refractivity contribution in [3.63, 3.8) is 0 Å². The summed E-state index contributed by atoms with van der Waals surface area (Å²) in [6.07, 6.45) is 1.13. The lowest BCUT2D eigenvalue weighted by molar-refractivity contribution is 0.671. The maximum atomic E-state index is 5.72. The predicted octanol–water partition coefficient (Wildman–Crippen LogP) is 3.90. The van der Waals surface area contributed by atoms with Crippen LogP contribution in [0.25, 0.3) is 0 Å². The van der Waals surface area contributed by atoms with Crippen LogP contribution in [0.2, 0.25) is 0 Å². The molecule has 2 heteroatoms. The molecule has 2 aromatic carbocycles. The third kappa shape index (κ3) is 3.75. The fraction of sp³-hybridized carbons (Fsp3) is 0.294. The molecule has 2 N–H and O–H groups in total. The lowest BCUT2D eigenvalue weighted by atomic mass is 9.97. The topological polar surface area (TPSA) is 29.3 Å². The molecule has 1 unspecified atom stereocenters. The molecule has 1 atom stereocenters.